The number of pyridine rings is 1. The van der Waals surface area contributed by atoms with E-state index in [0.717, 1.165) is 11.3 Å². The van der Waals surface area contributed by atoms with Crippen LogP contribution in [0.2, 0.25) is 5.02 Å². The van der Waals surface area contributed by atoms with Gasteiger partial charge in [-0.1, -0.05) is 17.7 Å². The maximum Gasteiger partial charge on any atom is 0.257 e. The highest BCUT2D eigenvalue weighted by atomic mass is 35.5. The third-order valence-electron chi connectivity index (χ3n) is 3.65. The minimum atomic E-state index is -0.359. The first kappa shape index (κ1) is 16.9. The van der Waals surface area contributed by atoms with Gasteiger partial charge in [-0.25, -0.2) is 4.39 Å². The van der Waals surface area contributed by atoms with E-state index in [1.807, 2.05) is 25.1 Å². The van der Waals surface area contributed by atoms with Gasteiger partial charge in [0.2, 0.25) is 0 Å². The number of rotatable bonds is 4. The molecular weight excluding hydrogens is 341 g/mol. The number of halogens is 2. The van der Waals surface area contributed by atoms with Crippen molar-refractivity contribution in [1.82, 2.24) is 4.98 Å². The molecule has 0 radical (unpaired) electrons. The van der Waals surface area contributed by atoms with Gasteiger partial charge in [0, 0.05) is 22.6 Å². The average Bonchev–Trinajstić information content (AvgIpc) is 2.61. The summed E-state index contributed by atoms with van der Waals surface area (Å²) < 4.78 is 12.9. The smallest absolute Gasteiger partial charge is 0.257 e. The lowest BCUT2D eigenvalue weighted by Gasteiger charge is -2.11. The summed E-state index contributed by atoms with van der Waals surface area (Å²) in [5, 5.41) is 6.56. The molecule has 0 saturated heterocycles. The van der Waals surface area contributed by atoms with E-state index in [0.29, 0.717) is 22.0 Å². The number of anilines is 3. The zero-order valence-electron chi connectivity index (χ0n) is 13.4. The van der Waals surface area contributed by atoms with Crippen LogP contribution in [-0.4, -0.2) is 10.9 Å². The van der Waals surface area contributed by atoms with Crippen LogP contribution >= 0.6 is 11.6 Å². The fourth-order valence-electron chi connectivity index (χ4n) is 2.27. The number of hydrogen-bond donors (Lipinski definition) is 2. The standard InChI is InChI=1S/C19H15ClFN3O/c1-12-17(20)3-2-4-18(12)23-16-9-13(10-22-11-16)19(25)24-15-7-5-14(21)6-8-15/h2-11,23H,1H3,(H,24,25). The molecule has 0 atom stereocenters. The molecular formula is C19H15ClFN3O. The van der Waals surface area contributed by atoms with Gasteiger partial charge >= 0.3 is 0 Å². The first-order chi connectivity index (χ1) is 12.0. The maximum absolute atomic E-state index is 12.9. The molecule has 1 aromatic heterocycles. The molecule has 25 heavy (non-hydrogen) atoms. The lowest BCUT2D eigenvalue weighted by Crippen LogP contribution is -2.12. The van der Waals surface area contributed by atoms with Gasteiger partial charge in [-0.05, 0) is 55.0 Å². The highest BCUT2D eigenvalue weighted by Gasteiger charge is 2.09. The second-order valence-corrected chi connectivity index (χ2v) is 5.87. The summed E-state index contributed by atoms with van der Waals surface area (Å²) in [6.07, 6.45) is 3.09. The Labute approximate surface area is 149 Å². The molecule has 2 aromatic carbocycles. The van der Waals surface area contributed by atoms with E-state index in [1.54, 1.807) is 12.3 Å². The van der Waals surface area contributed by atoms with E-state index in [9.17, 15) is 9.18 Å². The molecule has 1 heterocycles. The summed E-state index contributed by atoms with van der Waals surface area (Å²) in [6, 6.07) is 12.8. The minimum Gasteiger partial charge on any atom is -0.354 e. The Hall–Kier alpha value is -2.92. The summed E-state index contributed by atoms with van der Waals surface area (Å²) in [4.78, 5) is 16.4. The van der Waals surface area contributed by atoms with E-state index >= 15 is 0 Å². The first-order valence-electron chi connectivity index (χ1n) is 7.57. The predicted molar refractivity (Wildman–Crippen MR) is 98.1 cm³/mol. The molecule has 2 N–H and O–H groups in total. The average molecular weight is 356 g/mol. The Morgan fingerprint density at radius 3 is 2.60 bits per heavy atom. The highest BCUT2D eigenvalue weighted by Crippen LogP contribution is 2.26. The first-order valence-corrected chi connectivity index (χ1v) is 7.95. The molecule has 3 aromatic rings. The predicted octanol–water partition coefficient (Wildman–Crippen LogP) is 5.18. The SMILES string of the molecule is Cc1c(Cl)cccc1Nc1cncc(C(=O)Nc2ccc(F)cc2)c1. The van der Waals surface area contributed by atoms with Gasteiger partial charge in [-0.2, -0.15) is 0 Å². The Balaban J connectivity index is 1.77. The molecule has 0 spiro atoms. The molecule has 0 unspecified atom stereocenters. The van der Waals surface area contributed by atoms with E-state index in [-0.39, 0.29) is 11.7 Å². The second kappa shape index (κ2) is 7.32. The van der Waals surface area contributed by atoms with Crippen LogP contribution < -0.4 is 10.6 Å². The molecule has 1 amide bonds. The fourth-order valence-corrected chi connectivity index (χ4v) is 2.44. The van der Waals surface area contributed by atoms with E-state index in [4.69, 9.17) is 11.6 Å². The van der Waals surface area contributed by atoms with Gasteiger partial charge in [0.1, 0.15) is 5.82 Å². The fraction of sp³-hybridized carbons (Fsp3) is 0.0526. The van der Waals surface area contributed by atoms with Crippen LogP contribution in [0.15, 0.2) is 60.9 Å². The van der Waals surface area contributed by atoms with Crippen LogP contribution in [0.25, 0.3) is 0 Å². The molecule has 0 saturated carbocycles. The molecule has 0 fully saturated rings. The van der Waals surface area contributed by atoms with Gasteiger partial charge < -0.3 is 10.6 Å². The highest BCUT2D eigenvalue weighted by molar-refractivity contribution is 6.31. The Kier molecular flexibility index (Phi) is 4.95. The van der Waals surface area contributed by atoms with E-state index in [2.05, 4.69) is 15.6 Å². The summed E-state index contributed by atoms with van der Waals surface area (Å²) in [5.74, 6) is -0.687. The number of nitrogens with one attached hydrogen (secondary N) is 2. The zero-order valence-corrected chi connectivity index (χ0v) is 14.1. The molecule has 3 rings (SSSR count). The molecule has 0 aliphatic carbocycles. The minimum absolute atomic E-state index is 0.328. The second-order valence-electron chi connectivity index (χ2n) is 5.46. The van der Waals surface area contributed by atoms with Crippen molar-refractivity contribution < 1.29 is 9.18 Å². The van der Waals surface area contributed by atoms with Crippen LogP contribution in [0.1, 0.15) is 15.9 Å². The number of carbonyl (C=O) groups is 1. The number of amides is 1. The van der Waals surface area contributed by atoms with Crippen molar-refractivity contribution >= 4 is 34.6 Å². The molecule has 0 aliphatic heterocycles. The number of benzene rings is 2. The van der Waals surface area contributed by atoms with Crippen molar-refractivity contribution in [2.75, 3.05) is 10.6 Å². The normalized spacial score (nSPS) is 10.4. The van der Waals surface area contributed by atoms with Crippen molar-refractivity contribution in [3.8, 4) is 0 Å². The van der Waals surface area contributed by atoms with Gasteiger partial charge in [0.25, 0.3) is 5.91 Å². The lowest BCUT2D eigenvalue weighted by molar-refractivity contribution is 0.102. The molecule has 126 valence electrons. The zero-order chi connectivity index (χ0) is 17.8. The van der Waals surface area contributed by atoms with Gasteiger partial charge in [-0.15, -0.1) is 0 Å². The van der Waals surface area contributed by atoms with Crippen LogP contribution in [0.4, 0.5) is 21.5 Å². The van der Waals surface area contributed by atoms with E-state index in [1.165, 1.54) is 30.5 Å². The van der Waals surface area contributed by atoms with E-state index < -0.39 is 0 Å². The summed E-state index contributed by atoms with van der Waals surface area (Å²) >= 11 is 6.12. The van der Waals surface area contributed by atoms with Gasteiger partial charge in [-0.3, -0.25) is 9.78 Å². The summed E-state index contributed by atoms with van der Waals surface area (Å²) in [6.45, 7) is 1.91. The number of aromatic nitrogens is 1. The third kappa shape index (κ3) is 4.14. The number of hydrogen-bond acceptors (Lipinski definition) is 3. The topological polar surface area (TPSA) is 54.0 Å². The number of carbonyl (C=O) groups excluding carboxylic acids is 1. The number of nitrogens with zero attached hydrogens (tertiary/aromatic N) is 1. The maximum atomic E-state index is 12.9. The lowest BCUT2D eigenvalue weighted by atomic mass is 10.2. The van der Waals surface area contributed by atoms with Crippen molar-refractivity contribution in [1.29, 1.82) is 0 Å². The molecule has 0 aliphatic rings. The molecule has 4 nitrogen and oxygen atoms in total. The van der Waals surface area contributed by atoms with Crippen molar-refractivity contribution in [2.45, 2.75) is 6.92 Å². The van der Waals surface area contributed by atoms with Crippen molar-refractivity contribution in [3.05, 3.63) is 82.9 Å². The van der Waals surface area contributed by atoms with Crippen LogP contribution in [0, 0.1) is 12.7 Å². The van der Waals surface area contributed by atoms with Gasteiger partial charge in [0.15, 0.2) is 0 Å². The van der Waals surface area contributed by atoms with Gasteiger partial charge in [0.05, 0.1) is 17.4 Å². The monoisotopic (exact) mass is 355 g/mol. The van der Waals surface area contributed by atoms with Crippen LogP contribution in [-0.2, 0) is 0 Å². The van der Waals surface area contributed by atoms with Crippen molar-refractivity contribution in [3.63, 3.8) is 0 Å². The quantitative estimate of drug-likeness (QED) is 0.678. The Morgan fingerprint density at radius 2 is 1.84 bits per heavy atom. The van der Waals surface area contributed by atoms with Crippen LogP contribution in [0.5, 0.6) is 0 Å². The van der Waals surface area contributed by atoms with Crippen LogP contribution in [0.3, 0.4) is 0 Å². The Bertz CT molecular complexity index is 913. The summed E-state index contributed by atoms with van der Waals surface area (Å²) in [7, 11) is 0. The largest absolute Gasteiger partial charge is 0.354 e. The Morgan fingerprint density at radius 1 is 1.08 bits per heavy atom. The van der Waals surface area contributed by atoms with Crippen molar-refractivity contribution in [2.24, 2.45) is 0 Å². The molecule has 0 bridgehead atoms. The molecule has 6 heteroatoms. The summed E-state index contributed by atoms with van der Waals surface area (Å²) in [5.41, 5.74) is 3.30. The third-order valence-corrected chi connectivity index (χ3v) is 4.06.